The smallest absolute Gasteiger partial charge is 0.337 e. The number of anilines is 3. The fourth-order valence-electron chi connectivity index (χ4n) is 2.71. The van der Waals surface area contributed by atoms with Crippen LogP contribution in [0.3, 0.4) is 0 Å². The molecule has 2 N–H and O–H groups in total. The molecule has 29 heavy (non-hydrogen) atoms. The van der Waals surface area contributed by atoms with Crippen molar-refractivity contribution < 1.29 is 23.8 Å². The molecule has 1 aliphatic rings. The van der Waals surface area contributed by atoms with Gasteiger partial charge in [-0.2, -0.15) is 0 Å². The summed E-state index contributed by atoms with van der Waals surface area (Å²) in [5.74, 6) is 0.750. The number of amides is 1. The molecule has 0 radical (unpaired) electrons. The maximum Gasteiger partial charge on any atom is 0.337 e. The molecule has 146 valence electrons. The zero-order chi connectivity index (χ0) is 20.2. The van der Waals surface area contributed by atoms with Crippen LogP contribution in [0, 0.1) is 0 Å². The average molecular weight is 392 g/mol. The van der Waals surface area contributed by atoms with Crippen LogP contribution >= 0.6 is 0 Å². The lowest BCUT2D eigenvalue weighted by Gasteiger charge is -2.09. The molecule has 0 unspecified atom stereocenters. The summed E-state index contributed by atoms with van der Waals surface area (Å²) in [5.41, 5.74) is 1.74. The van der Waals surface area contributed by atoms with E-state index in [2.05, 4.69) is 20.6 Å². The Morgan fingerprint density at radius 2 is 1.86 bits per heavy atom. The topological polar surface area (TPSA) is 112 Å². The Bertz CT molecular complexity index is 1090. The first-order valence-electron chi connectivity index (χ1n) is 8.61. The lowest BCUT2D eigenvalue weighted by molar-refractivity contribution is 0.0600. The molecule has 0 saturated carbocycles. The predicted molar refractivity (Wildman–Crippen MR) is 104 cm³/mol. The first kappa shape index (κ1) is 18.2. The van der Waals surface area contributed by atoms with Gasteiger partial charge < -0.3 is 24.8 Å². The molecule has 0 fully saturated rings. The minimum absolute atomic E-state index is 0.158. The Kier molecular flexibility index (Phi) is 4.93. The third-order valence-corrected chi connectivity index (χ3v) is 4.09. The second kappa shape index (κ2) is 7.85. The van der Waals surface area contributed by atoms with Crippen molar-refractivity contribution in [2.24, 2.45) is 0 Å². The number of hydrogen-bond donors (Lipinski definition) is 2. The molecule has 1 aromatic heterocycles. The molecule has 3 aromatic rings. The fourth-order valence-corrected chi connectivity index (χ4v) is 2.71. The van der Waals surface area contributed by atoms with Crippen LogP contribution in [0.2, 0.25) is 0 Å². The van der Waals surface area contributed by atoms with Crippen molar-refractivity contribution >= 4 is 29.1 Å². The molecule has 0 spiro atoms. The summed E-state index contributed by atoms with van der Waals surface area (Å²) in [5, 5.41) is 5.80. The zero-order valence-electron chi connectivity index (χ0n) is 15.3. The number of nitrogens with zero attached hydrogens (tertiary/aromatic N) is 2. The molecule has 2 heterocycles. The second-order valence-corrected chi connectivity index (χ2v) is 6.01. The number of hydrogen-bond acceptors (Lipinski definition) is 8. The van der Waals surface area contributed by atoms with Gasteiger partial charge in [0.05, 0.1) is 12.7 Å². The minimum atomic E-state index is -0.444. The van der Waals surface area contributed by atoms with E-state index in [1.54, 1.807) is 42.5 Å². The van der Waals surface area contributed by atoms with E-state index < -0.39 is 11.9 Å². The van der Waals surface area contributed by atoms with Gasteiger partial charge in [0.15, 0.2) is 11.5 Å². The molecule has 4 rings (SSSR count). The van der Waals surface area contributed by atoms with E-state index in [1.165, 1.54) is 19.5 Å². The Morgan fingerprint density at radius 3 is 2.72 bits per heavy atom. The van der Waals surface area contributed by atoms with Gasteiger partial charge in [0, 0.05) is 23.5 Å². The zero-order valence-corrected chi connectivity index (χ0v) is 15.3. The number of benzene rings is 2. The van der Waals surface area contributed by atoms with E-state index >= 15 is 0 Å². The summed E-state index contributed by atoms with van der Waals surface area (Å²) >= 11 is 0. The van der Waals surface area contributed by atoms with Crippen LogP contribution < -0.4 is 20.1 Å². The van der Waals surface area contributed by atoms with Gasteiger partial charge >= 0.3 is 5.97 Å². The molecule has 0 saturated heterocycles. The van der Waals surface area contributed by atoms with Crippen LogP contribution in [0.15, 0.2) is 54.9 Å². The molecule has 1 aliphatic heterocycles. The highest BCUT2D eigenvalue weighted by Gasteiger charge is 2.15. The summed E-state index contributed by atoms with van der Waals surface area (Å²) in [6.07, 6.45) is 1.28. The van der Waals surface area contributed by atoms with Gasteiger partial charge in [-0.25, -0.2) is 14.8 Å². The van der Waals surface area contributed by atoms with Gasteiger partial charge in [-0.1, -0.05) is 6.07 Å². The summed E-state index contributed by atoms with van der Waals surface area (Å²) in [6.45, 7) is 0.158. The lowest BCUT2D eigenvalue weighted by atomic mass is 10.2. The first-order chi connectivity index (χ1) is 14.1. The molecule has 9 heteroatoms. The number of nitrogens with one attached hydrogen (secondary N) is 2. The highest BCUT2D eigenvalue weighted by Crippen LogP contribution is 2.34. The molecular formula is C20H16N4O5. The van der Waals surface area contributed by atoms with Crippen LogP contribution in [0.4, 0.5) is 17.2 Å². The molecule has 9 nitrogen and oxygen atoms in total. The van der Waals surface area contributed by atoms with Crippen molar-refractivity contribution in [2.45, 2.75) is 0 Å². The summed E-state index contributed by atoms with van der Waals surface area (Å²) in [4.78, 5) is 32.3. The molecule has 0 bridgehead atoms. The third-order valence-electron chi connectivity index (χ3n) is 4.09. The highest BCUT2D eigenvalue weighted by atomic mass is 16.7. The number of ether oxygens (including phenoxy) is 3. The minimum Gasteiger partial charge on any atom is -0.465 e. The van der Waals surface area contributed by atoms with E-state index in [0.29, 0.717) is 34.3 Å². The van der Waals surface area contributed by atoms with E-state index in [0.717, 1.165) is 0 Å². The Hall–Kier alpha value is -4.14. The van der Waals surface area contributed by atoms with Crippen molar-refractivity contribution in [3.05, 3.63) is 66.1 Å². The number of carbonyl (C=O) groups is 2. The van der Waals surface area contributed by atoms with Gasteiger partial charge in [-0.05, 0) is 30.3 Å². The fraction of sp³-hybridized carbons (Fsp3) is 0.100. The van der Waals surface area contributed by atoms with Crippen LogP contribution in [-0.4, -0.2) is 35.7 Å². The summed E-state index contributed by atoms with van der Waals surface area (Å²) in [6, 6.07) is 13.4. The van der Waals surface area contributed by atoms with Crippen LogP contribution in [0.5, 0.6) is 11.5 Å². The molecule has 2 aromatic carbocycles. The largest absolute Gasteiger partial charge is 0.465 e. The molecule has 0 aliphatic carbocycles. The molecular weight excluding hydrogens is 376 g/mol. The van der Waals surface area contributed by atoms with Crippen molar-refractivity contribution in [3.8, 4) is 11.5 Å². The summed E-state index contributed by atoms with van der Waals surface area (Å²) in [7, 11) is 1.32. The predicted octanol–water partition coefficient (Wildman–Crippen LogP) is 2.99. The maximum absolute atomic E-state index is 12.5. The molecule has 1 amide bonds. The first-order valence-corrected chi connectivity index (χ1v) is 8.61. The number of fused-ring (bicyclic) bond motifs is 1. The SMILES string of the molecule is COC(=O)c1cccc(Nc2cc(C(=O)Nc3ccc4c(c3)OCO4)ncn2)c1. The standard InChI is InChI=1S/C20H16N4O5/c1-27-20(26)12-3-2-4-13(7-12)23-18-9-15(21-10-22-18)19(25)24-14-5-6-16-17(8-14)29-11-28-16/h2-10H,11H2,1H3,(H,24,25)(H,21,22,23). The van der Waals surface area contributed by atoms with E-state index in [4.69, 9.17) is 14.2 Å². The lowest BCUT2D eigenvalue weighted by Crippen LogP contribution is -2.14. The van der Waals surface area contributed by atoms with Crippen LogP contribution in [0.1, 0.15) is 20.8 Å². The second-order valence-electron chi connectivity index (χ2n) is 6.01. The quantitative estimate of drug-likeness (QED) is 0.638. The van der Waals surface area contributed by atoms with Gasteiger partial charge in [0.1, 0.15) is 17.8 Å². The monoisotopic (exact) mass is 392 g/mol. The van der Waals surface area contributed by atoms with Gasteiger partial charge in [0.25, 0.3) is 5.91 Å². The van der Waals surface area contributed by atoms with Gasteiger partial charge in [-0.15, -0.1) is 0 Å². The Labute approximate surface area is 165 Å². The van der Waals surface area contributed by atoms with Crippen molar-refractivity contribution in [2.75, 3.05) is 24.5 Å². The average Bonchev–Trinajstić information content (AvgIpc) is 3.21. The molecule has 0 atom stereocenters. The normalized spacial score (nSPS) is 11.6. The number of aromatic nitrogens is 2. The number of esters is 1. The summed E-state index contributed by atoms with van der Waals surface area (Å²) < 4.78 is 15.3. The van der Waals surface area contributed by atoms with Crippen LogP contribution in [0.25, 0.3) is 0 Å². The van der Waals surface area contributed by atoms with Crippen molar-refractivity contribution in [3.63, 3.8) is 0 Å². The number of rotatable bonds is 5. The van der Waals surface area contributed by atoms with Crippen LogP contribution in [-0.2, 0) is 4.74 Å². The van der Waals surface area contributed by atoms with Gasteiger partial charge in [-0.3, -0.25) is 4.79 Å². The third kappa shape index (κ3) is 4.08. The van der Waals surface area contributed by atoms with E-state index in [9.17, 15) is 9.59 Å². The van der Waals surface area contributed by atoms with E-state index in [1.807, 2.05) is 0 Å². The van der Waals surface area contributed by atoms with Crippen molar-refractivity contribution in [1.29, 1.82) is 0 Å². The Morgan fingerprint density at radius 1 is 1.00 bits per heavy atom. The van der Waals surface area contributed by atoms with E-state index in [-0.39, 0.29) is 12.5 Å². The Balaban J connectivity index is 1.48. The highest BCUT2D eigenvalue weighted by molar-refractivity contribution is 6.03. The van der Waals surface area contributed by atoms with Gasteiger partial charge in [0.2, 0.25) is 6.79 Å². The number of methoxy groups -OCH3 is 1. The van der Waals surface area contributed by atoms with Crippen molar-refractivity contribution in [1.82, 2.24) is 9.97 Å². The number of carbonyl (C=O) groups excluding carboxylic acids is 2. The maximum atomic E-state index is 12.5.